The average Bonchev–Trinajstić information content (AvgIpc) is 3.11. The minimum absolute atomic E-state index is 0.802. The maximum atomic E-state index is 4.61. The molecule has 4 rings (SSSR count). The molecule has 0 aliphatic carbocycles. The highest BCUT2D eigenvalue weighted by Crippen LogP contribution is 2.22. The highest BCUT2D eigenvalue weighted by molar-refractivity contribution is 9.10. The van der Waals surface area contributed by atoms with Crippen molar-refractivity contribution in [3.05, 3.63) is 70.3 Å². The van der Waals surface area contributed by atoms with Crippen LogP contribution in [0.4, 0.5) is 5.82 Å². The summed E-state index contributed by atoms with van der Waals surface area (Å²) in [6.45, 7) is 2.78. The molecular weight excluding hydrogens is 376 g/mol. The first-order valence-corrected chi connectivity index (χ1v) is 9.00. The van der Waals surface area contributed by atoms with E-state index >= 15 is 0 Å². The van der Waals surface area contributed by atoms with Gasteiger partial charge in [-0.15, -0.1) is 0 Å². The molecule has 3 aromatic rings. The van der Waals surface area contributed by atoms with Gasteiger partial charge in [-0.1, -0.05) is 42.5 Å². The Labute approximate surface area is 155 Å². The Morgan fingerprint density at radius 2 is 1.92 bits per heavy atom. The molecule has 0 amide bonds. The molecule has 5 heteroatoms. The largest absolute Gasteiger partial charge is 0.246 e. The molecule has 25 heavy (non-hydrogen) atoms. The van der Waals surface area contributed by atoms with Gasteiger partial charge in [0.15, 0.2) is 5.84 Å². The smallest absolute Gasteiger partial charge is 0.150 e. The predicted octanol–water partition coefficient (Wildman–Crippen LogP) is 4.95. The first kappa shape index (κ1) is 16.0. The third kappa shape index (κ3) is 3.33. The zero-order valence-electron chi connectivity index (χ0n) is 13.9. The standard InChI is InChI=1S/C20H17BrN4/c1-14-18(21)9-10-20(23-14)25-12-11-19(24-25)22-13-16-7-4-6-15-5-2-3-8-17(15)16/h2-10,13H,11-12H2,1H3/b22-13+. The van der Waals surface area contributed by atoms with Crippen molar-refractivity contribution in [1.29, 1.82) is 0 Å². The Morgan fingerprint density at radius 3 is 2.80 bits per heavy atom. The normalized spacial score (nSPS) is 14.5. The van der Waals surface area contributed by atoms with Crippen LogP contribution in [0, 0.1) is 6.92 Å². The number of aryl methyl sites for hydroxylation is 1. The Hall–Kier alpha value is -2.53. The molecule has 0 N–H and O–H groups in total. The second-order valence-electron chi connectivity index (χ2n) is 5.95. The maximum absolute atomic E-state index is 4.61. The monoisotopic (exact) mass is 392 g/mol. The number of anilines is 1. The lowest BCUT2D eigenvalue weighted by molar-refractivity contribution is 0.889. The van der Waals surface area contributed by atoms with Crippen LogP contribution in [0.15, 0.2) is 69.2 Å². The number of benzene rings is 2. The summed E-state index contributed by atoms with van der Waals surface area (Å²) in [7, 11) is 0. The van der Waals surface area contributed by atoms with Crippen LogP contribution >= 0.6 is 15.9 Å². The van der Waals surface area contributed by atoms with E-state index in [2.05, 4.69) is 73.5 Å². The van der Waals surface area contributed by atoms with Gasteiger partial charge < -0.3 is 0 Å². The maximum Gasteiger partial charge on any atom is 0.150 e. The zero-order chi connectivity index (χ0) is 17.2. The number of amidine groups is 1. The van der Waals surface area contributed by atoms with Crippen LogP contribution in [0.25, 0.3) is 10.8 Å². The Balaban J connectivity index is 1.58. The van der Waals surface area contributed by atoms with Gasteiger partial charge in [0.05, 0.1) is 12.2 Å². The van der Waals surface area contributed by atoms with E-state index in [-0.39, 0.29) is 0 Å². The summed E-state index contributed by atoms with van der Waals surface area (Å²) in [5, 5.41) is 8.93. The van der Waals surface area contributed by atoms with Crippen molar-refractivity contribution in [3.8, 4) is 0 Å². The number of hydrazone groups is 1. The van der Waals surface area contributed by atoms with Gasteiger partial charge in [0.1, 0.15) is 5.82 Å². The predicted molar refractivity (Wildman–Crippen MR) is 108 cm³/mol. The van der Waals surface area contributed by atoms with E-state index < -0.39 is 0 Å². The van der Waals surface area contributed by atoms with Gasteiger partial charge in [0, 0.05) is 22.7 Å². The fourth-order valence-electron chi connectivity index (χ4n) is 2.88. The van der Waals surface area contributed by atoms with E-state index in [4.69, 9.17) is 0 Å². The lowest BCUT2D eigenvalue weighted by Gasteiger charge is -2.12. The number of halogens is 1. The molecule has 124 valence electrons. The van der Waals surface area contributed by atoms with E-state index in [9.17, 15) is 0 Å². The van der Waals surface area contributed by atoms with E-state index in [1.54, 1.807) is 0 Å². The minimum Gasteiger partial charge on any atom is -0.246 e. The summed E-state index contributed by atoms with van der Waals surface area (Å²) in [6, 6.07) is 18.6. The van der Waals surface area contributed by atoms with Gasteiger partial charge in [-0.3, -0.25) is 0 Å². The Kier molecular flexibility index (Phi) is 4.32. The van der Waals surface area contributed by atoms with Crippen molar-refractivity contribution in [1.82, 2.24) is 4.98 Å². The molecule has 0 spiro atoms. The zero-order valence-corrected chi connectivity index (χ0v) is 15.4. The van der Waals surface area contributed by atoms with Gasteiger partial charge >= 0.3 is 0 Å². The molecule has 0 fully saturated rings. The summed E-state index contributed by atoms with van der Waals surface area (Å²) < 4.78 is 1.01. The molecule has 0 saturated carbocycles. The number of pyridine rings is 1. The summed E-state index contributed by atoms with van der Waals surface area (Å²) in [5.41, 5.74) is 2.07. The SMILES string of the molecule is Cc1nc(N2CCC(/N=C/c3cccc4ccccc34)=N2)ccc1Br. The molecule has 0 bridgehead atoms. The molecular formula is C20H17BrN4. The van der Waals surface area contributed by atoms with Gasteiger partial charge in [-0.05, 0) is 45.8 Å². The van der Waals surface area contributed by atoms with Crippen molar-refractivity contribution in [2.24, 2.45) is 10.1 Å². The molecule has 2 heterocycles. The fraction of sp³-hybridized carbons (Fsp3) is 0.150. The fourth-order valence-corrected chi connectivity index (χ4v) is 3.10. The highest BCUT2D eigenvalue weighted by Gasteiger charge is 2.16. The van der Waals surface area contributed by atoms with Gasteiger partial charge in [-0.2, -0.15) is 5.10 Å². The van der Waals surface area contributed by atoms with Gasteiger partial charge in [-0.25, -0.2) is 15.0 Å². The molecule has 0 radical (unpaired) electrons. The molecule has 0 atom stereocenters. The number of nitrogens with zero attached hydrogens (tertiary/aromatic N) is 4. The van der Waals surface area contributed by atoms with Crippen LogP contribution in [0.2, 0.25) is 0 Å². The van der Waals surface area contributed by atoms with Crippen LogP contribution < -0.4 is 5.01 Å². The van der Waals surface area contributed by atoms with E-state index in [1.165, 1.54) is 10.8 Å². The highest BCUT2D eigenvalue weighted by atomic mass is 79.9. The van der Waals surface area contributed by atoms with Crippen LogP contribution in [0.1, 0.15) is 17.7 Å². The quantitative estimate of drug-likeness (QED) is 0.578. The Morgan fingerprint density at radius 1 is 1.08 bits per heavy atom. The number of fused-ring (bicyclic) bond motifs is 1. The van der Waals surface area contributed by atoms with Crippen molar-refractivity contribution >= 4 is 44.6 Å². The summed E-state index contributed by atoms with van der Waals surface area (Å²) >= 11 is 3.48. The second-order valence-corrected chi connectivity index (χ2v) is 6.81. The molecule has 1 aliphatic heterocycles. The summed E-state index contributed by atoms with van der Waals surface area (Å²) in [5.74, 6) is 1.69. The van der Waals surface area contributed by atoms with E-state index in [0.29, 0.717) is 0 Å². The Bertz CT molecular complexity index is 989. The van der Waals surface area contributed by atoms with Crippen molar-refractivity contribution in [2.75, 3.05) is 11.6 Å². The minimum atomic E-state index is 0.802. The molecule has 2 aromatic carbocycles. The van der Waals surface area contributed by atoms with Crippen LogP contribution in [-0.4, -0.2) is 23.6 Å². The van der Waals surface area contributed by atoms with Gasteiger partial charge in [0.25, 0.3) is 0 Å². The lowest BCUT2D eigenvalue weighted by Crippen LogP contribution is -2.13. The number of hydrogen-bond donors (Lipinski definition) is 0. The summed E-state index contributed by atoms with van der Waals surface area (Å²) in [6.07, 6.45) is 2.73. The first-order valence-electron chi connectivity index (χ1n) is 8.21. The van der Waals surface area contributed by atoms with Crippen molar-refractivity contribution in [3.63, 3.8) is 0 Å². The number of aromatic nitrogens is 1. The van der Waals surface area contributed by atoms with Gasteiger partial charge in [0.2, 0.25) is 0 Å². The average molecular weight is 393 g/mol. The lowest BCUT2D eigenvalue weighted by atomic mass is 10.1. The first-order chi connectivity index (χ1) is 12.2. The third-order valence-corrected chi connectivity index (χ3v) is 5.07. The molecule has 4 nitrogen and oxygen atoms in total. The molecule has 0 unspecified atom stereocenters. The van der Waals surface area contributed by atoms with Crippen LogP contribution in [-0.2, 0) is 0 Å². The van der Waals surface area contributed by atoms with Crippen molar-refractivity contribution in [2.45, 2.75) is 13.3 Å². The van der Waals surface area contributed by atoms with Crippen LogP contribution in [0.3, 0.4) is 0 Å². The molecule has 0 saturated heterocycles. The third-order valence-electron chi connectivity index (χ3n) is 4.23. The second kappa shape index (κ2) is 6.76. The number of aliphatic imine (C=N–C) groups is 1. The number of rotatable bonds is 2. The summed E-state index contributed by atoms with van der Waals surface area (Å²) in [4.78, 5) is 9.17. The number of hydrogen-bond acceptors (Lipinski definition) is 4. The molecule has 1 aliphatic rings. The molecule has 1 aromatic heterocycles. The van der Waals surface area contributed by atoms with E-state index in [0.717, 1.165) is 40.3 Å². The van der Waals surface area contributed by atoms with Crippen molar-refractivity contribution < 1.29 is 0 Å². The topological polar surface area (TPSA) is 40.9 Å². The van der Waals surface area contributed by atoms with E-state index in [1.807, 2.05) is 30.3 Å². The van der Waals surface area contributed by atoms with Crippen LogP contribution in [0.5, 0.6) is 0 Å².